The Hall–Kier alpha value is -1.17. The lowest BCUT2D eigenvalue weighted by molar-refractivity contribution is -0.137. The van der Waals surface area contributed by atoms with Crippen LogP contribution >= 0.6 is 12.6 Å². The molecule has 0 saturated heterocycles. The van der Waals surface area contributed by atoms with E-state index in [1.807, 2.05) is 0 Å². The third kappa shape index (κ3) is 2.95. The van der Waals surface area contributed by atoms with Crippen LogP contribution in [0.3, 0.4) is 0 Å². The van der Waals surface area contributed by atoms with E-state index in [1.165, 1.54) is 0 Å². The summed E-state index contributed by atoms with van der Waals surface area (Å²) in [7, 11) is 0. The van der Waals surface area contributed by atoms with Crippen LogP contribution in [0.1, 0.15) is 5.56 Å². The number of benzene rings is 1. The summed E-state index contributed by atoms with van der Waals surface area (Å²) in [6.45, 7) is 0. The Morgan fingerprint density at radius 3 is 2.07 bits per heavy atom. The number of halogens is 3. The third-order valence-electron chi connectivity index (χ3n) is 1.46. The first-order valence-electron chi connectivity index (χ1n) is 3.57. The molecule has 1 amide bonds. The molecule has 0 fully saturated rings. The zero-order chi connectivity index (χ0) is 10.8. The number of anilines is 1. The monoisotopic (exact) mass is 221 g/mol. The Labute approximate surface area is 83.5 Å². The van der Waals surface area contributed by atoms with E-state index in [-0.39, 0.29) is 5.69 Å². The van der Waals surface area contributed by atoms with Crippen molar-refractivity contribution in [3.05, 3.63) is 29.8 Å². The molecule has 0 saturated carbocycles. The van der Waals surface area contributed by atoms with E-state index in [1.54, 1.807) is 0 Å². The molecule has 0 unspecified atom stereocenters. The molecule has 76 valence electrons. The van der Waals surface area contributed by atoms with Crippen molar-refractivity contribution in [3.63, 3.8) is 0 Å². The second kappa shape index (κ2) is 3.91. The minimum Gasteiger partial charge on any atom is -0.317 e. The fourth-order valence-electron chi connectivity index (χ4n) is 0.866. The lowest BCUT2D eigenvalue weighted by Gasteiger charge is -2.07. The van der Waals surface area contributed by atoms with Gasteiger partial charge in [-0.25, -0.2) is 0 Å². The average Bonchev–Trinajstić information content (AvgIpc) is 2.02. The van der Waals surface area contributed by atoms with Crippen LogP contribution in [0.4, 0.5) is 23.7 Å². The lowest BCUT2D eigenvalue weighted by Crippen LogP contribution is -2.05. The van der Waals surface area contributed by atoms with Crippen LogP contribution in [-0.2, 0) is 6.18 Å². The molecule has 1 rings (SSSR count). The van der Waals surface area contributed by atoms with Gasteiger partial charge in [0.1, 0.15) is 0 Å². The maximum Gasteiger partial charge on any atom is 0.416 e. The van der Waals surface area contributed by atoms with Gasteiger partial charge in [0.15, 0.2) is 0 Å². The number of amides is 1. The summed E-state index contributed by atoms with van der Waals surface area (Å²) in [5.41, 5.74) is -0.479. The summed E-state index contributed by atoms with van der Waals surface area (Å²) in [6.07, 6.45) is -4.36. The van der Waals surface area contributed by atoms with Gasteiger partial charge in [0.25, 0.3) is 5.24 Å². The van der Waals surface area contributed by atoms with E-state index in [0.29, 0.717) is 0 Å². The highest BCUT2D eigenvalue weighted by Crippen LogP contribution is 2.29. The van der Waals surface area contributed by atoms with E-state index in [0.717, 1.165) is 24.3 Å². The van der Waals surface area contributed by atoms with Crippen LogP contribution < -0.4 is 5.32 Å². The van der Waals surface area contributed by atoms with Gasteiger partial charge < -0.3 is 5.32 Å². The molecule has 14 heavy (non-hydrogen) atoms. The molecule has 0 aliphatic rings. The van der Waals surface area contributed by atoms with Crippen molar-refractivity contribution >= 4 is 23.6 Å². The lowest BCUT2D eigenvalue weighted by atomic mass is 10.2. The van der Waals surface area contributed by atoms with Gasteiger partial charge in [-0.05, 0) is 24.3 Å². The first-order valence-corrected chi connectivity index (χ1v) is 4.01. The van der Waals surface area contributed by atoms with E-state index >= 15 is 0 Å². The van der Waals surface area contributed by atoms with Crippen molar-refractivity contribution in [1.29, 1.82) is 0 Å². The SMILES string of the molecule is O=C(S)Nc1ccc(C(F)(F)F)cc1. The van der Waals surface area contributed by atoms with E-state index < -0.39 is 17.0 Å². The third-order valence-corrected chi connectivity index (χ3v) is 1.58. The van der Waals surface area contributed by atoms with Crippen molar-refractivity contribution < 1.29 is 18.0 Å². The number of hydrogen-bond acceptors (Lipinski definition) is 1. The molecular weight excluding hydrogens is 215 g/mol. The van der Waals surface area contributed by atoms with Crippen LogP contribution in [0.5, 0.6) is 0 Å². The quantitative estimate of drug-likeness (QED) is 0.701. The van der Waals surface area contributed by atoms with E-state index in [2.05, 4.69) is 17.9 Å². The summed E-state index contributed by atoms with van der Waals surface area (Å²) in [6, 6.07) is 4.10. The zero-order valence-corrected chi connectivity index (χ0v) is 7.69. The van der Waals surface area contributed by atoms with Crippen molar-refractivity contribution in [3.8, 4) is 0 Å². The molecule has 0 atom stereocenters. The van der Waals surface area contributed by atoms with Gasteiger partial charge >= 0.3 is 6.18 Å². The first-order chi connectivity index (χ1) is 6.39. The Kier molecular flexibility index (Phi) is 3.05. The molecule has 0 aliphatic carbocycles. The molecule has 0 radical (unpaired) electrons. The normalized spacial score (nSPS) is 11.1. The summed E-state index contributed by atoms with van der Waals surface area (Å²) >= 11 is 3.42. The van der Waals surface area contributed by atoms with Gasteiger partial charge in [0, 0.05) is 5.69 Å². The molecule has 6 heteroatoms. The number of nitrogens with one attached hydrogen (secondary N) is 1. The Morgan fingerprint density at radius 1 is 1.21 bits per heavy atom. The number of alkyl halides is 3. The van der Waals surface area contributed by atoms with Crippen molar-refractivity contribution in [2.45, 2.75) is 6.18 Å². The second-order valence-corrected chi connectivity index (χ2v) is 2.91. The van der Waals surface area contributed by atoms with Gasteiger partial charge in [0.05, 0.1) is 5.56 Å². The standard InChI is InChI=1S/C8H6F3NOS/c9-8(10,11)5-1-3-6(4-2-5)12-7(13)14/h1-4H,(H2,12,13,14). The molecule has 1 N–H and O–H groups in total. The number of carbonyl (C=O) groups excluding carboxylic acids is 1. The van der Waals surface area contributed by atoms with Crippen molar-refractivity contribution in [1.82, 2.24) is 0 Å². The Balaban J connectivity index is 2.84. The van der Waals surface area contributed by atoms with Crippen LogP contribution in [0, 0.1) is 0 Å². The van der Waals surface area contributed by atoms with Crippen LogP contribution in [0.25, 0.3) is 0 Å². The fraction of sp³-hybridized carbons (Fsp3) is 0.125. The summed E-state index contributed by atoms with van der Waals surface area (Å²) in [5.74, 6) is 0. The van der Waals surface area contributed by atoms with E-state index in [9.17, 15) is 18.0 Å². The maximum atomic E-state index is 12.1. The zero-order valence-electron chi connectivity index (χ0n) is 6.80. The summed E-state index contributed by atoms with van der Waals surface area (Å²) < 4.78 is 36.2. The largest absolute Gasteiger partial charge is 0.416 e. The topological polar surface area (TPSA) is 29.1 Å². The highest BCUT2D eigenvalue weighted by Gasteiger charge is 2.29. The number of carbonyl (C=O) groups is 1. The van der Waals surface area contributed by atoms with Gasteiger partial charge in [-0.15, -0.1) is 0 Å². The minimum absolute atomic E-state index is 0.276. The van der Waals surface area contributed by atoms with E-state index in [4.69, 9.17) is 0 Å². The summed E-state index contributed by atoms with van der Waals surface area (Å²) in [5, 5.41) is 1.62. The molecule has 2 nitrogen and oxygen atoms in total. The second-order valence-electron chi connectivity index (χ2n) is 2.51. The maximum absolute atomic E-state index is 12.1. The van der Waals surface area contributed by atoms with Gasteiger partial charge in [-0.1, -0.05) is 12.6 Å². The van der Waals surface area contributed by atoms with Crippen molar-refractivity contribution in [2.75, 3.05) is 5.32 Å². The minimum atomic E-state index is -4.36. The molecule has 0 aliphatic heterocycles. The van der Waals surface area contributed by atoms with Crippen LogP contribution in [0.2, 0.25) is 0 Å². The number of hydrogen-bond donors (Lipinski definition) is 2. The molecule has 0 aromatic heterocycles. The van der Waals surface area contributed by atoms with Gasteiger partial charge in [0.2, 0.25) is 0 Å². The van der Waals surface area contributed by atoms with Crippen LogP contribution in [0.15, 0.2) is 24.3 Å². The molecule has 0 heterocycles. The van der Waals surface area contributed by atoms with Crippen LogP contribution in [-0.4, -0.2) is 5.24 Å². The molecular formula is C8H6F3NOS. The number of rotatable bonds is 1. The number of thiol groups is 1. The van der Waals surface area contributed by atoms with Gasteiger partial charge in [-0.2, -0.15) is 13.2 Å². The molecule has 0 bridgehead atoms. The highest BCUT2D eigenvalue weighted by atomic mass is 32.1. The Morgan fingerprint density at radius 2 is 1.71 bits per heavy atom. The average molecular weight is 221 g/mol. The molecule has 1 aromatic rings. The fourth-order valence-corrected chi connectivity index (χ4v) is 0.995. The smallest absolute Gasteiger partial charge is 0.317 e. The summed E-state index contributed by atoms with van der Waals surface area (Å²) in [4.78, 5) is 10.4. The molecule has 0 spiro atoms. The highest BCUT2D eigenvalue weighted by molar-refractivity contribution is 7.96. The predicted octanol–water partition coefficient (Wildman–Crippen LogP) is 3.17. The predicted molar refractivity (Wildman–Crippen MR) is 49.4 cm³/mol. The first kappa shape index (κ1) is 10.9. The Bertz CT molecular complexity index is 333. The molecule has 1 aromatic carbocycles. The van der Waals surface area contributed by atoms with Crippen molar-refractivity contribution in [2.24, 2.45) is 0 Å². The van der Waals surface area contributed by atoms with Gasteiger partial charge in [-0.3, -0.25) is 4.79 Å².